The molecule has 0 spiro atoms. The van der Waals surface area contributed by atoms with Crippen molar-refractivity contribution in [1.82, 2.24) is 0 Å². The van der Waals surface area contributed by atoms with E-state index in [1.807, 2.05) is 6.92 Å². The average molecular weight is 300 g/mol. The lowest BCUT2D eigenvalue weighted by molar-refractivity contribution is -0.130. The Morgan fingerprint density at radius 3 is 2.20 bits per heavy atom. The highest BCUT2D eigenvalue weighted by molar-refractivity contribution is 6.74. The van der Waals surface area contributed by atoms with E-state index in [2.05, 4.69) is 45.7 Å². The maximum Gasteiger partial charge on any atom is 0.381 e. The topological polar surface area (TPSA) is 66.8 Å². The molecule has 116 valence electrons. The molecule has 4 nitrogen and oxygen atoms in total. The van der Waals surface area contributed by atoms with Gasteiger partial charge in [-0.1, -0.05) is 33.6 Å². The summed E-state index contributed by atoms with van der Waals surface area (Å²) in [5, 5.41) is 18.8. The summed E-state index contributed by atoms with van der Waals surface area (Å²) in [5.41, 5.74) is 0. The van der Waals surface area contributed by atoms with Crippen molar-refractivity contribution in [3.8, 4) is 11.8 Å². The summed E-state index contributed by atoms with van der Waals surface area (Å²) in [5.74, 6) is 2.96. The van der Waals surface area contributed by atoms with Crippen LogP contribution in [0.5, 0.6) is 0 Å². The molecule has 0 aliphatic carbocycles. The second-order valence-electron chi connectivity index (χ2n) is 6.90. The first-order chi connectivity index (χ1) is 8.88. The van der Waals surface area contributed by atoms with Crippen LogP contribution in [0.3, 0.4) is 0 Å². The van der Waals surface area contributed by atoms with E-state index in [1.54, 1.807) is 6.92 Å². The minimum atomic E-state index is -1.83. The molecule has 2 N–H and O–H groups in total. The van der Waals surface area contributed by atoms with E-state index in [-0.39, 0.29) is 16.9 Å². The Labute approximate surface area is 123 Å². The molecule has 0 heterocycles. The van der Waals surface area contributed by atoms with E-state index in [9.17, 15) is 9.90 Å². The molecule has 0 unspecified atom stereocenters. The van der Waals surface area contributed by atoms with Gasteiger partial charge in [-0.25, -0.2) is 4.79 Å². The number of aliphatic hydroxyl groups excluding tert-OH is 1. The van der Waals surface area contributed by atoms with Gasteiger partial charge < -0.3 is 14.6 Å². The summed E-state index contributed by atoms with van der Waals surface area (Å²) in [6.07, 6.45) is -0.688. The van der Waals surface area contributed by atoms with Crippen molar-refractivity contribution < 1.29 is 19.4 Å². The number of aliphatic carboxylic acids is 1. The Morgan fingerprint density at radius 2 is 1.80 bits per heavy atom. The van der Waals surface area contributed by atoms with Crippen LogP contribution in [-0.2, 0) is 9.22 Å². The summed E-state index contributed by atoms with van der Waals surface area (Å²) in [7, 11) is -1.83. The Morgan fingerprint density at radius 1 is 1.30 bits per heavy atom. The zero-order chi connectivity index (χ0) is 16.1. The van der Waals surface area contributed by atoms with Crippen molar-refractivity contribution in [3.63, 3.8) is 0 Å². The lowest BCUT2D eigenvalue weighted by Crippen LogP contribution is -2.43. The molecule has 0 saturated carbocycles. The van der Waals surface area contributed by atoms with Crippen LogP contribution >= 0.6 is 0 Å². The van der Waals surface area contributed by atoms with Gasteiger partial charge in [0.2, 0.25) is 0 Å². The lowest BCUT2D eigenvalue weighted by Gasteiger charge is -2.37. The van der Waals surface area contributed by atoms with Crippen LogP contribution in [0.4, 0.5) is 0 Å². The second-order valence-corrected chi connectivity index (χ2v) is 11.7. The Hall–Kier alpha value is -0.833. The van der Waals surface area contributed by atoms with Gasteiger partial charge in [0.05, 0.1) is 6.10 Å². The van der Waals surface area contributed by atoms with Crippen LogP contribution < -0.4 is 0 Å². The molecule has 0 rings (SSSR count). The van der Waals surface area contributed by atoms with Gasteiger partial charge in [0.25, 0.3) is 0 Å². The number of hydrogen-bond donors (Lipinski definition) is 2. The van der Waals surface area contributed by atoms with Gasteiger partial charge >= 0.3 is 5.97 Å². The quantitative estimate of drug-likeness (QED) is 0.605. The van der Waals surface area contributed by atoms with Crippen molar-refractivity contribution in [2.24, 2.45) is 11.8 Å². The van der Waals surface area contributed by atoms with Crippen molar-refractivity contribution in [2.75, 3.05) is 6.61 Å². The first-order valence-corrected chi connectivity index (χ1v) is 9.86. The van der Waals surface area contributed by atoms with Crippen LogP contribution in [0.15, 0.2) is 0 Å². The fourth-order valence-corrected chi connectivity index (χ4v) is 2.52. The summed E-state index contributed by atoms with van der Waals surface area (Å²) in [6.45, 7) is 14.9. The Balaban J connectivity index is 4.53. The van der Waals surface area contributed by atoms with Crippen LogP contribution in [0.25, 0.3) is 0 Å². The van der Waals surface area contributed by atoms with E-state index in [0.29, 0.717) is 6.61 Å². The van der Waals surface area contributed by atoms with E-state index >= 15 is 0 Å². The minimum Gasteiger partial charge on any atom is -0.472 e. The molecule has 20 heavy (non-hydrogen) atoms. The molecule has 0 aromatic heterocycles. The first-order valence-electron chi connectivity index (χ1n) is 6.95. The Kier molecular flexibility index (Phi) is 6.95. The molecule has 0 aliphatic rings. The third kappa shape index (κ3) is 6.08. The molecular formula is C15H28O4Si. The van der Waals surface area contributed by atoms with Crippen LogP contribution in [0.2, 0.25) is 18.1 Å². The highest BCUT2D eigenvalue weighted by atomic mass is 28.4. The van der Waals surface area contributed by atoms with Crippen LogP contribution in [0.1, 0.15) is 34.6 Å². The van der Waals surface area contributed by atoms with Gasteiger partial charge in [-0.2, -0.15) is 0 Å². The van der Waals surface area contributed by atoms with Crippen molar-refractivity contribution in [2.45, 2.75) is 58.9 Å². The highest BCUT2D eigenvalue weighted by Gasteiger charge is 2.37. The van der Waals surface area contributed by atoms with Crippen molar-refractivity contribution in [1.29, 1.82) is 0 Å². The van der Waals surface area contributed by atoms with Gasteiger partial charge in [-0.3, -0.25) is 0 Å². The van der Waals surface area contributed by atoms with Crippen LogP contribution in [-0.4, -0.2) is 37.2 Å². The molecule has 0 aromatic rings. The number of carbonyl (C=O) groups is 1. The standard InChI is InChI=1S/C15H28O4Si/c1-11(8-9-13(16)17)14(18)12(2)10-19-20(6,7)15(3,4)5/h11-12,14,18H,10H2,1-7H3,(H,16,17)/t11-,12-,14-/m0/s1. The number of carboxylic acids is 1. The maximum absolute atomic E-state index is 10.4. The van der Waals surface area contributed by atoms with E-state index in [1.165, 1.54) is 0 Å². The minimum absolute atomic E-state index is 0.0813. The molecule has 5 heteroatoms. The number of hydrogen-bond acceptors (Lipinski definition) is 3. The Bertz CT molecular complexity index is 387. The SMILES string of the molecule is C[C@@H](C#CC(=O)O)[C@H](O)[C@@H](C)CO[Si](C)(C)C(C)(C)C. The zero-order valence-electron chi connectivity index (χ0n) is 13.7. The molecular weight excluding hydrogens is 272 g/mol. The molecule has 0 radical (unpaired) electrons. The molecule has 3 atom stereocenters. The second kappa shape index (κ2) is 7.25. The van der Waals surface area contributed by atoms with Gasteiger partial charge in [0.15, 0.2) is 8.32 Å². The smallest absolute Gasteiger partial charge is 0.381 e. The largest absolute Gasteiger partial charge is 0.472 e. The zero-order valence-corrected chi connectivity index (χ0v) is 14.7. The molecule has 0 saturated heterocycles. The lowest BCUT2D eigenvalue weighted by atomic mass is 9.94. The summed E-state index contributed by atoms with van der Waals surface area (Å²) >= 11 is 0. The first kappa shape index (κ1) is 19.2. The number of carboxylic acid groups (broad SMARTS) is 1. The van der Waals surface area contributed by atoms with Gasteiger partial charge in [0.1, 0.15) is 0 Å². The summed E-state index contributed by atoms with van der Waals surface area (Å²) in [4.78, 5) is 10.4. The summed E-state index contributed by atoms with van der Waals surface area (Å²) in [6, 6.07) is 0. The van der Waals surface area contributed by atoms with Crippen molar-refractivity contribution in [3.05, 3.63) is 0 Å². The predicted molar refractivity (Wildman–Crippen MR) is 82.9 cm³/mol. The van der Waals surface area contributed by atoms with Crippen molar-refractivity contribution >= 4 is 14.3 Å². The molecule has 0 amide bonds. The van der Waals surface area contributed by atoms with Gasteiger partial charge in [-0.15, -0.1) is 0 Å². The fourth-order valence-electron chi connectivity index (χ4n) is 1.41. The monoisotopic (exact) mass is 300 g/mol. The predicted octanol–water partition coefficient (Wildman–Crippen LogP) is 2.73. The highest BCUT2D eigenvalue weighted by Crippen LogP contribution is 2.36. The van der Waals surface area contributed by atoms with Gasteiger partial charge in [0, 0.05) is 24.4 Å². The third-order valence-electron chi connectivity index (χ3n) is 4.02. The van der Waals surface area contributed by atoms with E-state index in [4.69, 9.17) is 9.53 Å². The summed E-state index contributed by atoms with van der Waals surface area (Å²) < 4.78 is 6.07. The fraction of sp³-hybridized carbons (Fsp3) is 0.800. The van der Waals surface area contributed by atoms with E-state index in [0.717, 1.165) is 0 Å². The van der Waals surface area contributed by atoms with E-state index < -0.39 is 20.4 Å². The number of rotatable bonds is 5. The van der Waals surface area contributed by atoms with Crippen LogP contribution in [0, 0.1) is 23.7 Å². The molecule has 0 aromatic carbocycles. The maximum atomic E-state index is 10.4. The molecule has 0 fully saturated rings. The normalized spacial score (nSPS) is 16.8. The number of aliphatic hydroxyl groups is 1. The average Bonchev–Trinajstić information content (AvgIpc) is 2.30. The third-order valence-corrected chi connectivity index (χ3v) is 8.52. The molecule has 0 aliphatic heterocycles. The molecule has 0 bridgehead atoms. The van der Waals surface area contributed by atoms with Gasteiger partial charge in [-0.05, 0) is 25.1 Å².